The molecule has 0 aliphatic carbocycles. The van der Waals surface area contributed by atoms with E-state index in [1.54, 1.807) is 6.20 Å². The Morgan fingerprint density at radius 2 is 2.05 bits per heavy atom. The van der Waals surface area contributed by atoms with Gasteiger partial charge in [0.1, 0.15) is 6.61 Å². The number of aromatic nitrogens is 2. The van der Waals surface area contributed by atoms with E-state index in [-0.39, 0.29) is 0 Å². The predicted octanol–water partition coefficient (Wildman–Crippen LogP) is 3.29. The number of ether oxygens (including phenoxy) is 1. The van der Waals surface area contributed by atoms with Crippen LogP contribution in [0, 0.1) is 13.8 Å². The van der Waals surface area contributed by atoms with E-state index in [2.05, 4.69) is 17.1 Å². The van der Waals surface area contributed by atoms with Gasteiger partial charge in [-0.25, -0.2) is 4.98 Å². The van der Waals surface area contributed by atoms with E-state index in [9.17, 15) is 0 Å². The van der Waals surface area contributed by atoms with Crippen molar-refractivity contribution >= 4 is 11.0 Å². The van der Waals surface area contributed by atoms with Gasteiger partial charge in [0.15, 0.2) is 5.58 Å². The van der Waals surface area contributed by atoms with E-state index < -0.39 is 0 Å². The van der Waals surface area contributed by atoms with Crippen molar-refractivity contribution in [2.24, 2.45) is 0 Å². The second-order valence-corrected chi connectivity index (χ2v) is 4.32. The lowest BCUT2D eigenvalue weighted by molar-refractivity contribution is 0.292. The van der Waals surface area contributed by atoms with Gasteiger partial charge in [-0.05, 0) is 19.4 Å². The monoisotopic (exact) mass is 253 g/mol. The van der Waals surface area contributed by atoms with Gasteiger partial charge in [0.05, 0.1) is 22.8 Å². The first kappa shape index (κ1) is 11.7. The Bertz CT molecular complexity index is 705. The van der Waals surface area contributed by atoms with Gasteiger partial charge in [0, 0.05) is 0 Å². The van der Waals surface area contributed by atoms with Crippen LogP contribution in [0.25, 0.3) is 11.0 Å². The molecule has 2 heterocycles. The Balaban J connectivity index is 1.91. The summed E-state index contributed by atoms with van der Waals surface area (Å²) < 4.78 is 10.9. The van der Waals surface area contributed by atoms with Crippen LogP contribution in [0.5, 0.6) is 5.88 Å². The molecule has 3 rings (SSSR count). The minimum absolute atomic E-state index is 0.454. The van der Waals surface area contributed by atoms with E-state index in [4.69, 9.17) is 9.26 Å². The molecule has 0 fully saturated rings. The fourth-order valence-electron chi connectivity index (χ4n) is 1.94. The van der Waals surface area contributed by atoms with E-state index in [1.165, 1.54) is 0 Å². The van der Waals surface area contributed by atoms with Gasteiger partial charge in [-0.15, -0.1) is 0 Å². The van der Waals surface area contributed by atoms with Crippen molar-refractivity contribution in [1.29, 1.82) is 0 Å². The quantitative estimate of drug-likeness (QED) is 0.718. The summed E-state index contributed by atoms with van der Waals surface area (Å²) in [5.41, 5.74) is 3.18. The standard InChI is InChI=1S/C15H13N2O2/c1-10-14-13(8-16-19-14)11(2)17-15(10)18-9-12-6-4-3-5-7-12/h3-8H,1,9H2,2H3. The summed E-state index contributed by atoms with van der Waals surface area (Å²) >= 11 is 0. The van der Waals surface area contributed by atoms with Crippen molar-refractivity contribution in [2.75, 3.05) is 0 Å². The molecular weight excluding hydrogens is 240 g/mol. The predicted molar refractivity (Wildman–Crippen MR) is 71.8 cm³/mol. The van der Waals surface area contributed by atoms with Gasteiger partial charge in [0.25, 0.3) is 0 Å². The Hall–Kier alpha value is -2.36. The van der Waals surface area contributed by atoms with E-state index in [0.717, 1.165) is 16.6 Å². The lowest BCUT2D eigenvalue weighted by Gasteiger charge is -2.09. The molecule has 1 radical (unpaired) electrons. The summed E-state index contributed by atoms with van der Waals surface area (Å²) in [7, 11) is 0. The summed E-state index contributed by atoms with van der Waals surface area (Å²) in [5.74, 6) is 0.491. The lowest BCUT2D eigenvalue weighted by Crippen LogP contribution is -2.00. The molecule has 0 N–H and O–H groups in total. The number of hydrogen-bond donors (Lipinski definition) is 0. The van der Waals surface area contributed by atoms with E-state index in [1.807, 2.05) is 37.3 Å². The zero-order valence-corrected chi connectivity index (χ0v) is 10.6. The molecule has 0 saturated carbocycles. The van der Waals surface area contributed by atoms with E-state index >= 15 is 0 Å². The number of rotatable bonds is 3. The molecule has 95 valence electrons. The van der Waals surface area contributed by atoms with Crippen LogP contribution in [0.4, 0.5) is 0 Å². The van der Waals surface area contributed by atoms with Gasteiger partial charge in [-0.2, -0.15) is 0 Å². The smallest absolute Gasteiger partial charge is 0.221 e. The molecule has 3 aromatic rings. The third kappa shape index (κ3) is 2.17. The highest BCUT2D eigenvalue weighted by Crippen LogP contribution is 2.27. The van der Waals surface area contributed by atoms with Crippen LogP contribution in [-0.2, 0) is 6.61 Å². The third-order valence-electron chi connectivity index (χ3n) is 2.98. The fourth-order valence-corrected chi connectivity index (χ4v) is 1.94. The van der Waals surface area contributed by atoms with Crippen molar-refractivity contribution < 1.29 is 9.26 Å². The maximum Gasteiger partial charge on any atom is 0.221 e. The van der Waals surface area contributed by atoms with Gasteiger partial charge in [0.2, 0.25) is 5.88 Å². The normalized spacial score (nSPS) is 10.8. The molecule has 1 aromatic carbocycles. The second kappa shape index (κ2) is 4.72. The summed E-state index contributed by atoms with van der Waals surface area (Å²) in [6.45, 7) is 6.30. The van der Waals surface area contributed by atoms with Gasteiger partial charge in [-0.3, -0.25) is 0 Å². The number of aryl methyl sites for hydroxylation is 1. The SMILES string of the molecule is [CH2]c1c(OCc2ccccc2)nc(C)c2cnoc12. The molecule has 19 heavy (non-hydrogen) atoms. The van der Waals surface area contributed by atoms with Crippen molar-refractivity contribution in [3.8, 4) is 5.88 Å². The summed E-state index contributed by atoms with van der Waals surface area (Å²) in [4.78, 5) is 4.40. The average Bonchev–Trinajstić information content (AvgIpc) is 2.92. The molecule has 2 aromatic heterocycles. The van der Waals surface area contributed by atoms with Gasteiger partial charge in [-0.1, -0.05) is 35.5 Å². The molecule has 0 aliphatic heterocycles. The van der Waals surface area contributed by atoms with Crippen LogP contribution in [0.1, 0.15) is 16.8 Å². The van der Waals surface area contributed by atoms with Crippen LogP contribution in [-0.4, -0.2) is 10.1 Å². The molecule has 4 heteroatoms. The zero-order valence-electron chi connectivity index (χ0n) is 10.6. The number of benzene rings is 1. The molecule has 0 unspecified atom stereocenters. The Morgan fingerprint density at radius 3 is 2.84 bits per heavy atom. The van der Waals surface area contributed by atoms with Crippen LogP contribution < -0.4 is 4.74 Å². The maximum atomic E-state index is 5.72. The summed E-state index contributed by atoms with van der Waals surface area (Å²) in [6.07, 6.45) is 1.65. The molecular formula is C15H13N2O2. The average molecular weight is 253 g/mol. The minimum atomic E-state index is 0.454. The number of hydrogen-bond acceptors (Lipinski definition) is 4. The lowest BCUT2D eigenvalue weighted by atomic mass is 10.2. The highest BCUT2D eigenvalue weighted by Gasteiger charge is 2.13. The number of nitrogens with zero attached hydrogens (tertiary/aromatic N) is 2. The number of pyridine rings is 1. The van der Waals surface area contributed by atoms with Crippen LogP contribution in [0.15, 0.2) is 41.1 Å². The molecule has 4 nitrogen and oxygen atoms in total. The summed E-state index contributed by atoms with van der Waals surface area (Å²) in [5, 5.41) is 4.64. The first-order valence-corrected chi connectivity index (χ1v) is 5.99. The molecule has 0 aliphatic rings. The fraction of sp³-hybridized carbons (Fsp3) is 0.133. The molecule has 0 atom stereocenters. The first-order valence-electron chi connectivity index (χ1n) is 5.99. The van der Waals surface area contributed by atoms with Crippen LogP contribution >= 0.6 is 0 Å². The van der Waals surface area contributed by atoms with Crippen molar-refractivity contribution in [3.05, 3.63) is 60.3 Å². The van der Waals surface area contributed by atoms with Gasteiger partial charge < -0.3 is 9.26 Å². The molecule has 0 amide bonds. The van der Waals surface area contributed by atoms with Crippen molar-refractivity contribution in [3.63, 3.8) is 0 Å². The minimum Gasteiger partial charge on any atom is -0.472 e. The zero-order chi connectivity index (χ0) is 13.2. The highest BCUT2D eigenvalue weighted by molar-refractivity contribution is 5.83. The Kier molecular flexibility index (Phi) is 2.91. The molecule has 0 saturated heterocycles. The first-order chi connectivity index (χ1) is 9.25. The van der Waals surface area contributed by atoms with E-state index in [0.29, 0.717) is 23.6 Å². The largest absolute Gasteiger partial charge is 0.472 e. The number of fused-ring (bicyclic) bond motifs is 1. The topological polar surface area (TPSA) is 48.2 Å². The van der Waals surface area contributed by atoms with Crippen molar-refractivity contribution in [1.82, 2.24) is 10.1 Å². The maximum absolute atomic E-state index is 5.72. The highest BCUT2D eigenvalue weighted by atomic mass is 16.5. The van der Waals surface area contributed by atoms with Crippen LogP contribution in [0.3, 0.4) is 0 Å². The Labute approximate surface area is 111 Å². The van der Waals surface area contributed by atoms with Gasteiger partial charge >= 0.3 is 0 Å². The molecule has 0 spiro atoms. The summed E-state index contributed by atoms with van der Waals surface area (Å²) in [6, 6.07) is 9.93. The third-order valence-corrected chi connectivity index (χ3v) is 2.98. The van der Waals surface area contributed by atoms with Crippen molar-refractivity contribution in [2.45, 2.75) is 13.5 Å². The van der Waals surface area contributed by atoms with Crippen LogP contribution in [0.2, 0.25) is 0 Å². The Morgan fingerprint density at radius 1 is 1.26 bits per heavy atom. The second-order valence-electron chi connectivity index (χ2n) is 4.32. The molecule has 0 bridgehead atoms.